The van der Waals surface area contributed by atoms with Gasteiger partial charge in [-0.05, 0) is 122 Å². The number of carbonyl (C=O) groups is 4. The predicted molar refractivity (Wildman–Crippen MR) is 418 cm³/mol. The first kappa shape index (κ1) is 97.2. The number of hydrogen-bond donors (Lipinski definition) is 3. The number of esters is 4. The Labute approximate surface area is 618 Å². The van der Waals surface area contributed by atoms with Crippen LogP contribution in [0.3, 0.4) is 0 Å². The fraction of sp³-hybridized carbons (Fsp3) is 0.687. The van der Waals surface area contributed by atoms with Crippen molar-refractivity contribution in [2.24, 2.45) is 0 Å². The maximum atomic E-state index is 13.1. The lowest BCUT2D eigenvalue weighted by atomic mass is 10.0. The molecule has 0 bridgehead atoms. The van der Waals surface area contributed by atoms with Gasteiger partial charge in [0, 0.05) is 19.3 Å². The number of aliphatic hydroxyl groups excluding tert-OH is 1. The van der Waals surface area contributed by atoms with E-state index in [4.69, 9.17) is 37.0 Å². The molecule has 19 heteroatoms. The number of ether oxygens (including phenoxy) is 4. The summed E-state index contributed by atoms with van der Waals surface area (Å²) in [7, 11) is -9.99. The van der Waals surface area contributed by atoms with Gasteiger partial charge in [0.15, 0.2) is 12.2 Å². The third-order valence-corrected chi connectivity index (χ3v) is 18.0. The Morgan fingerprint density at radius 3 is 0.892 bits per heavy atom. The van der Waals surface area contributed by atoms with Crippen LogP contribution in [0, 0.1) is 0 Å². The molecule has 0 spiro atoms. The first-order chi connectivity index (χ1) is 49.7. The van der Waals surface area contributed by atoms with E-state index in [0.717, 1.165) is 161 Å². The van der Waals surface area contributed by atoms with E-state index >= 15 is 0 Å². The number of aliphatic hydroxyl groups is 1. The molecular weight excluding hydrogens is 1330 g/mol. The Hall–Kier alpha value is -4.80. The van der Waals surface area contributed by atoms with Gasteiger partial charge in [-0.2, -0.15) is 0 Å². The van der Waals surface area contributed by atoms with Crippen molar-refractivity contribution in [3.05, 3.63) is 134 Å². The number of unbranched alkanes of at least 4 members (excludes halogenated alkanes) is 26. The van der Waals surface area contributed by atoms with Crippen LogP contribution in [-0.4, -0.2) is 96.7 Å². The summed E-state index contributed by atoms with van der Waals surface area (Å²) in [6.07, 6.45) is 83.2. The van der Waals surface area contributed by atoms with Gasteiger partial charge in [0.05, 0.1) is 32.8 Å². The Kier molecular flexibility index (Phi) is 71.0. The maximum absolute atomic E-state index is 13.1. The number of rotatable bonds is 73. The van der Waals surface area contributed by atoms with Gasteiger partial charge in [-0.1, -0.05) is 296 Å². The maximum Gasteiger partial charge on any atom is 0.472 e. The molecule has 0 aliphatic heterocycles. The normalized spacial score (nSPS) is 14.6. The average Bonchev–Trinajstić information content (AvgIpc) is 0.909. The molecule has 0 aromatic heterocycles. The van der Waals surface area contributed by atoms with Crippen LogP contribution in [0.25, 0.3) is 0 Å². The van der Waals surface area contributed by atoms with Crippen molar-refractivity contribution in [2.75, 3.05) is 39.6 Å². The zero-order valence-electron chi connectivity index (χ0n) is 63.7. The van der Waals surface area contributed by atoms with Crippen molar-refractivity contribution in [1.82, 2.24) is 0 Å². The fourth-order valence-corrected chi connectivity index (χ4v) is 11.8. The standard InChI is InChI=1S/C83H140O17P2/c1-5-9-13-17-21-25-29-33-36-37-38-39-42-45-48-52-56-60-64-68-81(86)94-74-79(100-83(88)70-66-62-58-54-50-46-41-35-31-27-23-19-15-11-7-3)76-98-102(91,92)96-72-77(84)71-95-101(89,90)97-75-78(99-82(87)69-65-61-57-53-49-43-32-28-24-20-16-12-8-4)73-93-80(85)67-63-59-55-51-47-44-40-34-30-26-22-18-14-10-6-2/h10-11,14-15,21-23,25-27,33-36,38-41,47,51,59,63,77-79,84H,5-9,12-13,16-20,24,28-32,37,42-46,48-50,52-58,60-62,64-76H2,1-4H3,(H,89,90)(H,91,92)/b14-10-,15-11-,25-21-,26-22-,27-23-,36-33-,39-38-,40-34-,41-35-,51-47-,63-59-. The molecule has 0 fully saturated rings. The summed E-state index contributed by atoms with van der Waals surface area (Å²) in [5, 5.41) is 10.6. The van der Waals surface area contributed by atoms with Gasteiger partial charge >= 0.3 is 39.5 Å². The molecule has 0 amide bonds. The number of allylic oxidation sites excluding steroid dienone is 21. The van der Waals surface area contributed by atoms with Gasteiger partial charge in [0.1, 0.15) is 19.3 Å². The highest BCUT2D eigenvalue weighted by atomic mass is 31.2. The van der Waals surface area contributed by atoms with E-state index in [1.165, 1.54) is 70.6 Å². The van der Waals surface area contributed by atoms with Crippen LogP contribution in [0.15, 0.2) is 134 Å². The minimum Gasteiger partial charge on any atom is -0.462 e. The SMILES string of the molecule is CC/C=C\C/C=C\C/C=C\C/C=C\C/C=C\CC(=O)OCC(COP(=O)(O)OCC(O)COP(=O)(O)OCC(COC(=O)CCCCCCCC/C=C\C/C=C\C/C=C\CCCCC)OC(=O)CCCCCCC/C=C\C/C=C\C/C=C\CC)OC(=O)CCCCCCCCCCCCCCC. The first-order valence-electron chi connectivity index (χ1n) is 39.4. The van der Waals surface area contributed by atoms with Gasteiger partial charge in [-0.15, -0.1) is 0 Å². The summed E-state index contributed by atoms with van der Waals surface area (Å²) in [5.74, 6) is -2.35. The van der Waals surface area contributed by atoms with E-state index in [9.17, 15) is 43.2 Å². The van der Waals surface area contributed by atoms with Crippen molar-refractivity contribution in [3.63, 3.8) is 0 Å². The van der Waals surface area contributed by atoms with Gasteiger partial charge < -0.3 is 33.8 Å². The molecule has 0 saturated heterocycles. The minimum absolute atomic E-state index is 0.0677. The van der Waals surface area contributed by atoms with Crippen LogP contribution in [0.5, 0.6) is 0 Å². The van der Waals surface area contributed by atoms with Crippen molar-refractivity contribution in [1.29, 1.82) is 0 Å². The van der Waals surface area contributed by atoms with Crippen LogP contribution < -0.4 is 0 Å². The topological polar surface area (TPSA) is 237 Å². The van der Waals surface area contributed by atoms with Crippen molar-refractivity contribution < 1.29 is 80.2 Å². The quantitative estimate of drug-likeness (QED) is 0.0169. The summed E-state index contributed by atoms with van der Waals surface area (Å²) in [4.78, 5) is 72.9. The van der Waals surface area contributed by atoms with Crippen LogP contribution in [0.2, 0.25) is 0 Å². The third kappa shape index (κ3) is 73.5. The van der Waals surface area contributed by atoms with Gasteiger partial charge in [-0.25, -0.2) is 9.13 Å². The highest BCUT2D eigenvalue weighted by Gasteiger charge is 2.30. The molecule has 584 valence electrons. The van der Waals surface area contributed by atoms with Crippen molar-refractivity contribution in [2.45, 2.75) is 329 Å². The lowest BCUT2D eigenvalue weighted by Gasteiger charge is -2.21. The highest BCUT2D eigenvalue weighted by molar-refractivity contribution is 7.47. The van der Waals surface area contributed by atoms with E-state index in [1.807, 2.05) is 18.2 Å². The van der Waals surface area contributed by atoms with E-state index in [0.29, 0.717) is 25.7 Å². The molecule has 0 aromatic carbocycles. The Morgan fingerprint density at radius 2 is 0.549 bits per heavy atom. The monoisotopic (exact) mass is 1470 g/mol. The fourth-order valence-electron chi connectivity index (χ4n) is 10.2. The second-order valence-corrected chi connectivity index (χ2v) is 28.8. The van der Waals surface area contributed by atoms with Crippen LogP contribution >= 0.6 is 15.6 Å². The molecule has 0 heterocycles. The molecule has 0 saturated carbocycles. The summed E-state index contributed by atoms with van der Waals surface area (Å²) < 4.78 is 68.4. The molecule has 0 radical (unpaired) electrons. The lowest BCUT2D eigenvalue weighted by Crippen LogP contribution is -2.30. The van der Waals surface area contributed by atoms with Crippen LogP contribution in [0.4, 0.5) is 0 Å². The van der Waals surface area contributed by atoms with Gasteiger partial charge in [-0.3, -0.25) is 37.3 Å². The number of phosphoric acid groups is 2. The largest absolute Gasteiger partial charge is 0.472 e. The zero-order valence-corrected chi connectivity index (χ0v) is 65.5. The van der Waals surface area contributed by atoms with Gasteiger partial charge in [0.2, 0.25) is 0 Å². The molecule has 0 aliphatic rings. The number of carbonyl (C=O) groups excluding carboxylic acids is 4. The zero-order chi connectivity index (χ0) is 74.6. The summed E-state index contributed by atoms with van der Waals surface area (Å²) in [5.41, 5.74) is 0. The van der Waals surface area contributed by atoms with Crippen molar-refractivity contribution >= 4 is 39.5 Å². The molecule has 5 unspecified atom stereocenters. The molecule has 0 aliphatic carbocycles. The predicted octanol–water partition coefficient (Wildman–Crippen LogP) is 22.9. The van der Waals surface area contributed by atoms with Crippen LogP contribution in [-0.2, 0) is 65.4 Å². The molecular formula is C83H140O17P2. The highest BCUT2D eigenvalue weighted by Crippen LogP contribution is 2.45. The van der Waals surface area contributed by atoms with E-state index in [-0.39, 0.29) is 25.7 Å². The average molecular weight is 1470 g/mol. The molecule has 5 atom stereocenters. The minimum atomic E-state index is -5.00. The smallest absolute Gasteiger partial charge is 0.462 e. The van der Waals surface area contributed by atoms with E-state index in [2.05, 4.69) is 137 Å². The Morgan fingerprint density at radius 1 is 0.294 bits per heavy atom. The molecule has 3 N–H and O–H groups in total. The summed E-state index contributed by atoms with van der Waals surface area (Å²) in [6, 6.07) is 0. The second-order valence-electron chi connectivity index (χ2n) is 25.9. The molecule has 17 nitrogen and oxygen atoms in total. The van der Waals surface area contributed by atoms with Crippen molar-refractivity contribution in [3.8, 4) is 0 Å². The summed E-state index contributed by atoms with van der Waals surface area (Å²) in [6.45, 7) is 4.48. The molecule has 0 aromatic rings. The summed E-state index contributed by atoms with van der Waals surface area (Å²) >= 11 is 0. The third-order valence-electron chi connectivity index (χ3n) is 16.1. The Balaban J connectivity index is 5.42. The first-order valence-corrected chi connectivity index (χ1v) is 42.4. The Bertz CT molecular complexity index is 2460. The van der Waals surface area contributed by atoms with Crippen LogP contribution in [0.1, 0.15) is 310 Å². The van der Waals surface area contributed by atoms with E-state index in [1.54, 1.807) is 6.08 Å². The molecule has 0 rings (SSSR count). The lowest BCUT2D eigenvalue weighted by molar-refractivity contribution is -0.161. The van der Waals surface area contributed by atoms with E-state index < -0.39 is 97.5 Å². The number of hydrogen-bond acceptors (Lipinski definition) is 15. The number of phosphoric ester groups is 2. The molecule has 102 heavy (non-hydrogen) atoms. The second kappa shape index (κ2) is 74.5. The van der Waals surface area contributed by atoms with Gasteiger partial charge in [0.25, 0.3) is 0 Å².